The first-order valence-corrected chi connectivity index (χ1v) is 5.36. The average Bonchev–Trinajstić information content (AvgIpc) is 2.05. The van der Waals surface area contributed by atoms with Gasteiger partial charge >= 0.3 is 7.60 Å². The number of aromatic nitrogens is 1. The molecule has 0 radical (unpaired) electrons. The van der Waals surface area contributed by atoms with E-state index in [1.807, 2.05) is 0 Å². The molecule has 1 aromatic heterocycles. The maximum atomic E-state index is 11.0. The zero-order valence-electron chi connectivity index (χ0n) is 7.08. The summed E-state index contributed by atoms with van der Waals surface area (Å²) >= 11 is 0. The smallest absolute Gasteiger partial charge is 0.323 e. The zero-order valence-corrected chi connectivity index (χ0v) is 7.98. The van der Waals surface area contributed by atoms with Crippen LogP contribution in [0.5, 0.6) is 0 Å². The Kier molecular flexibility index (Phi) is 3.17. The standard InChI is InChI=1S/C7H11N2O3P/c1-8-7(13(10,11)12)6-3-2-4-9-5-6/h2-5,7-8H,1H3,(H2,10,11,12). The van der Waals surface area contributed by atoms with Gasteiger partial charge in [-0.2, -0.15) is 0 Å². The molecular weight excluding hydrogens is 191 g/mol. The van der Waals surface area contributed by atoms with Crippen LogP contribution in [0, 0.1) is 0 Å². The topological polar surface area (TPSA) is 82.5 Å². The molecule has 5 nitrogen and oxygen atoms in total. The van der Waals surface area contributed by atoms with Gasteiger partial charge in [-0.05, 0) is 18.7 Å². The maximum Gasteiger partial charge on any atom is 0.346 e. The molecule has 0 amide bonds. The van der Waals surface area contributed by atoms with Crippen molar-refractivity contribution in [2.75, 3.05) is 7.05 Å². The summed E-state index contributed by atoms with van der Waals surface area (Å²) in [5, 5.41) is 2.56. The highest BCUT2D eigenvalue weighted by Gasteiger charge is 2.28. The van der Waals surface area contributed by atoms with E-state index in [2.05, 4.69) is 10.3 Å². The molecule has 1 unspecified atom stereocenters. The molecule has 3 N–H and O–H groups in total. The fraction of sp³-hybridized carbons (Fsp3) is 0.286. The van der Waals surface area contributed by atoms with Crippen LogP contribution in [0.3, 0.4) is 0 Å². The molecule has 6 heteroatoms. The number of pyridine rings is 1. The summed E-state index contributed by atoms with van der Waals surface area (Å²) < 4.78 is 11.0. The fourth-order valence-corrected chi connectivity index (χ4v) is 1.94. The minimum Gasteiger partial charge on any atom is -0.323 e. The molecule has 1 aromatic rings. The Balaban J connectivity index is 2.99. The summed E-state index contributed by atoms with van der Waals surface area (Å²) in [6.07, 6.45) is 2.98. The van der Waals surface area contributed by atoms with Crippen LogP contribution < -0.4 is 5.32 Å². The van der Waals surface area contributed by atoms with Crippen molar-refractivity contribution in [1.29, 1.82) is 0 Å². The van der Waals surface area contributed by atoms with Crippen molar-refractivity contribution < 1.29 is 14.4 Å². The van der Waals surface area contributed by atoms with Crippen LogP contribution in [0.4, 0.5) is 0 Å². The van der Waals surface area contributed by atoms with Gasteiger partial charge in [0.25, 0.3) is 0 Å². The lowest BCUT2D eigenvalue weighted by Gasteiger charge is -2.16. The highest BCUT2D eigenvalue weighted by molar-refractivity contribution is 7.52. The van der Waals surface area contributed by atoms with Crippen LogP contribution in [0.25, 0.3) is 0 Å². The first kappa shape index (κ1) is 10.3. The largest absolute Gasteiger partial charge is 0.346 e. The van der Waals surface area contributed by atoms with E-state index < -0.39 is 13.4 Å². The Morgan fingerprint density at radius 3 is 2.69 bits per heavy atom. The van der Waals surface area contributed by atoms with E-state index >= 15 is 0 Å². The van der Waals surface area contributed by atoms with Crippen molar-refractivity contribution in [3.05, 3.63) is 30.1 Å². The molecule has 0 saturated heterocycles. The van der Waals surface area contributed by atoms with Crippen LogP contribution in [-0.2, 0) is 4.57 Å². The Labute approximate surface area is 76.0 Å². The molecule has 0 spiro atoms. The number of rotatable bonds is 3. The SMILES string of the molecule is CNC(c1cccnc1)P(=O)(O)O. The minimum absolute atomic E-state index is 0.485. The maximum absolute atomic E-state index is 11.0. The summed E-state index contributed by atoms with van der Waals surface area (Å²) in [5.41, 5.74) is 0.485. The van der Waals surface area contributed by atoms with Gasteiger partial charge in [0.1, 0.15) is 5.78 Å². The second-order valence-electron chi connectivity index (χ2n) is 2.57. The molecule has 1 heterocycles. The van der Waals surface area contributed by atoms with Crippen molar-refractivity contribution in [1.82, 2.24) is 10.3 Å². The van der Waals surface area contributed by atoms with Gasteiger partial charge in [0, 0.05) is 12.4 Å². The third-order valence-electron chi connectivity index (χ3n) is 1.61. The molecule has 0 bridgehead atoms. The molecule has 72 valence electrons. The number of nitrogens with one attached hydrogen (secondary N) is 1. The Bertz CT molecular complexity index is 311. The zero-order chi connectivity index (χ0) is 9.90. The molecule has 0 saturated carbocycles. The second-order valence-corrected chi connectivity index (χ2v) is 4.26. The van der Waals surface area contributed by atoms with Gasteiger partial charge in [0.2, 0.25) is 0 Å². The Morgan fingerprint density at radius 2 is 2.31 bits per heavy atom. The van der Waals surface area contributed by atoms with Gasteiger partial charge in [-0.1, -0.05) is 6.07 Å². The van der Waals surface area contributed by atoms with E-state index in [0.29, 0.717) is 5.56 Å². The summed E-state index contributed by atoms with van der Waals surface area (Å²) in [4.78, 5) is 21.7. The molecule has 0 aliphatic rings. The summed E-state index contributed by atoms with van der Waals surface area (Å²) in [6.45, 7) is 0. The average molecular weight is 202 g/mol. The molecule has 0 fully saturated rings. The van der Waals surface area contributed by atoms with Crippen LogP contribution in [0.15, 0.2) is 24.5 Å². The van der Waals surface area contributed by atoms with Gasteiger partial charge in [-0.25, -0.2) is 0 Å². The number of hydrogen-bond donors (Lipinski definition) is 3. The van der Waals surface area contributed by atoms with Gasteiger partial charge < -0.3 is 15.1 Å². The van der Waals surface area contributed by atoms with Crippen molar-refractivity contribution in [2.45, 2.75) is 5.78 Å². The van der Waals surface area contributed by atoms with Crippen LogP contribution in [0.1, 0.15) is 11.3 Å². The predicted molar refractivity (Wildman–Crippen MR) is 48.1 cm³/mol. The lowest BCUT2D eigenvalue weighted by Crippen LogP contribution is -2.16. The van der Waals surface area contributed by atoms with Crippen LogP contribution >= 0.6 is 7.60 Å². The fourth-order valence-electron chi connectivity index (χ4n) is 1.07. The monoisotopic (exact) mass is 202 g/mol. The molecule has 1 rings (SSSR count). The molecule has 0 aliphatic carbocycles. The van der Waals surface area contributed by atoms with Gasteiger partial charge in [0.05, 0.1) is 0 Å². The van der Waals surface area contributed by atoms with E-state index in [1.54, 1.807) is 18.3 Å². The van der Waals surface area contributed by atoms with E-state index in [0.717, 1.165) is 0 Å². The Morgan fingerprint density at radius 1 is 1.62 bits per heavy atom. The lowest BCUT2D eigenvalue weighted by atomic mass is 10.3. The molecule has 1 atom stereocenters. The number of hydrogen-bond acceptors (Lipinski definition) is 3. The summed E-state index contributed by atoms with van der Waals surface area (Å²) in [7, 11) is -2.65. The summed E-state index contributed by atoms with van der Waals surface area (Å²) in [5.74, 6) is -0.971. The number of nitrogens with zero attached hydrogens (tertiary/aromatic N) is 1. The van der Waals surface area contributed by atoms with Gasteiger partial charge in [-0.3, -0.25) is 9.55 Å². The van der Waals surface area contributed by atoms with Crippen LogP contribution in [0.2, 0.25) is 0 Å². The van der Waals surface area contributed by atoms with Crippen molar-refractivity contribution in [3.63, 3.8) is 0 Å². The third kappa shape index (κ3) is 2.60. The molecule has 0 aromatic carbocycles. The molecule has 0 aliphatic heterocycles. The first-order valence-electron chi connectivity index (χ1n) is 3.68. The quantitative estimate of drug-likeness (QED) is 0.621. The van der Waals surface area contributed by atoms with Crippen molar-refractivity contribution in [3.8, 4) is 0 Å². The highest BCUT2D eigenvalue weighted by Crippen LogP contribution is 2.49. The van der Waals surface area contributed by atoms with Crippen molar-refractivity contribution in [2.24, 2.45) is 0 Å². The van der Waals surface area contributed by atoms with Gasteiger partial charge in [-0.15, -0.1) is 0 Å². The summed E-state index contributed by atoms with van der Waals surface area (Å²) in [6, 6.07) is 3.25. The second kappa shape index (κ2) is 3.98. The van der Waals surface area contributed by atoms with Gasteiger partial charge in [0.15, 0.2) is 0 Å². The normalized spacial score (nSPS) is 14.1. The third-order valence-corrected chi connectivity index (χ3v) is 2.84. The predicted octanol–water partition coefficient (Wildman–Crippen LogP) is 0.477. The molecular formula is C7H11N2O3P. The first-order chi connectivity index (χ1) is 6.05. The Hall–Kier alpha value is -0.740. The van der Waals surface area contributed by atoms with Crippen molar-refractivity contribution >= 4 is 7.60 Å². The minimum atomic E-state index is -4.15. The highest BCUT2D eigenvalue weighted by atomic mass is 31.2. The van der Waals surface area contributed by atoms with E-state index in [1.165, 1.54) is 13.2 Å². The lowest BCUT2D eigenvalue weighted by molar-refractivity contribution is 0.351. The molecule has 13 heavy (non-hydrogen) atoms. The van der Waals surface area contributed by atoms with E-state index in [-0.39, 0.29) is 0 Å². The van der Waals surface area contributed by atoms with Crippen LogP contribution in [-0.4, -0.2) is 21.8 Å². The van der Waals surface area contributed by atoms with E-state index in [4.69, 9.17) is 9.79 Å². The van der Waals surface area contributed by atoms with E-state index in [9.17, 15) is 4.57 Å².